The Bertz CT molecular complexity index is 933. The van der Waals surface area contributed by atoms with Gasteiger partial charge >= 0.3 is 0 Å². The average Bonchev–Trinajstić information content (AvgIpc) is 2.86. The van der Waals surface area contributed by atoms with Crippen molar-refractivity contribution in [1.82, 2.24) is 10.2 Å². The van der Waals surface area contributed by atoms with Gasteiger partial charge in [0.25, 0.3) is 0 Å². The minimum atomic E-state index is 0.358. The lowest BCUT2D eigenvalue weighted by molar-refractivity contribution is 0.182. The SMILES string of the molecule is COc1ccc(C(CNCCc2ccc(C)cc2)N2CCN(c3ccccc3)CC2)cc1. The zero-order chi connectivity index (χ0) is 22.2. The minimum Gasteiger partial charge on any atom is -0.497 e. The molecule has 4 rings (SSSR count). The molecule has 32 heavy (non-hydrogen) atoms. The smallest absolute Gasteiger partial charge is 0.118 e. The maximum Gasteiger partial charge on any atom is 0.118 e. The predicted molar refractivity (Wildman–Crippen MR) is 134 cm³/mol. The molecule has 4 heteroatoms. The number of para-hydroxylation sites is 1. The Labute approximate surface area is 192 Å². The third kappa shape index (κ3) is 5.90. The van der Waals surface area contributed by atoms with Crippen molar-refractivity contribution in [1.29, 1.82) is 0 Å². The van der Waals surface area contributed by atoms with E-state index in [2.05, 4.69) is 101 Å². The molecule has 0 aromatic heterocycles. The Hall–Kier alpha value is -2.82. The molecule has 1 fully saturated rings. The van der Waals surface area contributed by atoms with Gasteiger partial charge < -0.3 is 15.0 Å². The van der Waals surface area contributed by atoms with E-state index < -0.39 is 0 Å². The summed E-state index contributed by atoms with van der Waals surface area (Å²) < 4.78 is 5.38. The van der Waals surface area contributed by atoms with Crippen molar-refractivity contribution in [3.05, 3.63) is 95.6 Å². The molecule has 0 spiro atoms. The number of methoxy groups -OCH3 is 1. The van der Waals surface area contributed by atoms with E-state index in [1.807, 2.05) is 0 Å². The van der Waals surface area contributed by atoms with Gasteiger partial charge in [0.05, 0.1) is 7.11 Å². The lowest BCUT2D eigenvalue weighted by atomic mass is 10.0. The first-order valence-corrected chi connectivity index (χ1v) is 11.7. The topological polar surface area (TPSA) is 27.7 Å². The van der Waals surface area contributed by atoms with Crippen molar-refractivity contribution >= 4 is 5.69 Å². The van der Waals surface area contributed by atoms with Gasteiger partial charge in [-0.3, -0.25) is 4.90 Å². The Kier molecular flexibility index (Phi) is 7.81. The molecule has 1 atom stereocenters. The summed E-state index contributed by atoms with van der Waals surface area (Å²) in [5, 5.41) is 3.73. The summed E-state index contributed by atoms with van der Waals surface area (Å²) >= 11 is 0. The van der Waals surface area contributed by atoms with Crippen LogP contribution in [0, 0.1) is 6.92 Å². The number of nitrogens with zero attached hydrogens (tertiary/aromatic N) is 2. The van der Waals surface area contributed by atoms with Gasteiger partial charge in [0.2, 0.25) is 0 Å². The highest BCUT2D eigenvalue weighted by atomic mass is 16.5. The second-order valence-corrected chi connectivity index (χ2v) is 8.59. The molecule has 1 N–H and O–H groups in total. The molecule has 0 saturated carbocycles. The first kappa shape index (κ1) is 22.4. The van der Waals surface area contributed by atoms with E-state index in [0.717, 1.165) is 51.4 Å². The van der Waals surface area contributed by atoms with Crippen LogP contribution in [0.2, 0.25) is 0 Å². The van der Waals surface area contributed by atoms with Gasteiger partial charge in [-0.15, -0.1) is 0 Å². The van der Waals surface area contributed by atoms with Gasteiger partial charge in [-0.05, 0) is 55.3 Å². The number of ether oxygens (including phenoxy) is 1. The summed E-state index contributed by atoms with van der Waals surface area (Å²) in [5.41, 5.74) is 5.38. The summed E-state index contributed by atoms with van der Waals surface area (Å²) in [5.74, 6) is 0.911. The van der Waals surface area contributed by atoms with Crippen molar-refractivity contribution < 1.29 is 4.74 Å². The van der Waals surface area contributed by atoms with E-state index in [0.29, 0.717) is 6.04 Å². The summed E-state index contributed by atoms with van der Waals surface area (Å²) in [6, 6.07) is 28.6. The first-order chi connectivity index (χ1) is 15.7. The molecule has 4 nitrogen and oxygen atoms in total. The van der Waals surface area contributed by atoms with Crippen LogP contribution < -0.4 is 15.0 Å². The largest absolute Gasteiger partial charge is 0.497 e. The number of piperazine rings is 1. The number of anilines is 1. The molecule has 0 radical (unpaired) electrons. The highest BCUT2D eigenvalue weighted by Gasteiger charge is 2.25. The molecule has 1 saturated heterocycles. The highest BCUT2D eigenvalue weighted by Crippen LogP contribution is 2.25. The molecule has 3 aromatic carbocycles. The lowest BCUT2D eigenvalue weighted by Gasteiger charge is -2.40. The van der Waals surface area contributed by atoms with Crippen LogP contribution in [0.3, 0.4) is 0 Å². The zero-order valence-corrected chi connectivity index (χ0v) is 19.3. The van der Waals surface area contributed by atoms with Gasteiger partial charge in [0, 0.05) is 44.5 Å². The Morgan fingerprint density at radius 3 is 2.19 bits per heavy atom. The van der Waals surface area contributed by atoms with Crippen molar-refractivity contribution in [3.8, 4) is 5.75 Å². The monoisotopic (exact) mass is 429 g/mol. The lowest BCUT2D eigenvalue weighted by Crippen LogP contribution is -2.49. The fourth-order valence-electron chi connectivity index (χ4n) is 4.44. The fraction of sp³-hybridized carbons (Fsp3) is 0.357. The number of rotatable bonds is 9. The zero-order valence-electron chi connectivity index (χ0n) is 19.3. The molecule has 1 aliphatic rings. The predicted octanol–water partition coefficient (Wildman–Crippen LogP) is 4.70. The molecule has 0 aliphatic carbocycles. The van der Waals surface area contributed by atoms with Crippen molar-refractivity contribution in [2.75, 3.05) is 51.3 Å². The Morgan fingerprint density at radius 1 is 0.844 bits per heavy atom. The van der Waals surface area contributed by atoms with Crippen LogP contribution in [-0.2, 0) is 6.42 Å². The minimum absolute atomic E-state index is 0.358. The molecular formula is C28H35N3O. The van der Waals surface area contributed by atoms with Crippen LogP contribution >= 0.6 is 0 Å². The molecule has 1 aliphatic heterocycles. The van der Waals surface area contributed by atoms with Crippen LogP contribution in [-0.4, -0.2) is 51.3 Å². The van der Waals surface area contributed by atoms with Crippen LogP contribution in [0.4, 0.5) is 5.69 Å². The molecular weight excluding hydrogens is 394 g/mol. The fourth-order valence-corrected chi connectivity index (χ4v) is 4.44. The van der Waals surface area contributed by atoms with Crippen molar-refractivity contribution in [2.24, 2.45) is 0 Å². The number of benzene rings is 3. The van der Waals surface area contributed by atoms with Gasteiger partial charge in [-0.25, -0.2) is 0 Å². The number of hydrogen-bond donors (Lipinski definition) is 1. The summed E-state index contributed by atoms with van der Waals surface area (Å²) in [6.07, 6.45) is 1.05. The standard InChI is InChI=1S/C28H35N3O/c1-23-8-10-24(11-9-23)16-17-29-22-28(25-12-14-27(32-2)15-13-25)31-20-18-30(19-21-31)26-6-4-3-5-7-26/h3-15,28-29H,16-22H2,1-2H3. The first-order valence-electron chi connectivity index (χ1n) is 11.7. The quantitative estimate of drug-likeness (QED) is 0.499. The Morgan fingerprint density at radius 2 is 1.53 bits per heavy atom. The summed E-state index contributed by atoms with van der Waals surface area (Å²) in [4.78, 5) is 5.12. The maximum absolute atomic E-state index is 5.38. The van der Waals surface area contributed by atoms with Crippen LogP contribution in [0.15, 0.2) is 78.9 Å². The van der Waals surface area contributed by atoms with Crippen molar-refractivity contribution in [3.63, 3.8) is 0 Å². The van der Waals surface area contributed by atoms with Gasteiger partial charge in [-0.1, -0.05) is 60.2 Å². The molecule has 0 bridgehead atoms. The number of hydrogen-bond acceptors (Lipinski definition) is 4. The van der Waals surface area contributed by atoms with Crippen LogP contribution in [0.5, 0.6) is 5.75 Å². The third-order valence-corrected chi connectivity index (χ3v) is 6.43. The van der Waals surface area contributed by atoms with Crippen LogP contribution in [0.25, 0.3) is 0 Å². The second kappa shape index (κ2) is 11.2. The van der Waals surface area contributed by atoms with E-state index in [1.54, 1.807) is 7.11 Å². The van der Waals surface area contributed by atoms with Crippen LogP contribution in [0.1, 0.15) is 22.7 Å². The normalized spacial score (nSPS) is 15.5. The van der Waals surface area contributed by atoms with E-state index in [-0.39, 0.29) is 0 Å². The van der Waals surface area contributed by atoms with E-state index >= 15 is 0 Å². The number of aryl methyl sites for hydroxylation is 1. The summed E-state index contributed by atoms with van der Waals surface area (Å²) in [7, 11) is 1.72. The summed E-state index contributed by atoms with van der Waals surface area (Å²) in [6.45, 7) is 8.30. The van der Waals surface area contributed by atoms with Gasteiger partial charge in [0.1, 0.15) is 5.75 Å². The van der Waals surface area contributed by atoms with Gasteiger partial charge in [-0.2, -0.15) is 0 Å². The van der Waals surface area contributed by atoms with Gasteiger partial charge in [0.15, 0.2) is 0 Å². The third-order valence-electron chi connectivity index (χ3n) is 6.43. The average molecular weight is 430 g/mol. The highest BCUT2D eigenvalue weighted by molar-refractivity contribution is 5.46. The Balaban J connectivity index is 1.38. The molecule has 1 unspecified atom stereocenters. The molecule has 1 heterocycles. The van der Waals surface area contributed by atoms with E-state index in [9.17, 15) is 0 Å². The maximum atomic E-state index is 5.38. The van der Waals surface area contributed by atoms with E-state index in [1.165, 1.54) is 22.4 Å². The van der Waals surface area contributed by atoms with E-state index in [4.69, 9.17) is 4.74 Å². The van der Waals surface area contributed by atoms with Crippen molar-refractivity contribution in [2.45, 2.75) is 19.4 Å². The molecule has 168 valence electrons. The molecule has 0 amide bonds. The molecule has 3 aromatic rings. The number of nitrogens with one attached hydrogen (secondary N) is 1. The second-order valence-electron chi connectivity index (χ2n) is 8.59.